The van der Waals surface area contributed by atoms with Gasteiger partial charge in [-0.15, -0.1) is 0 Å². The van der Waals surface area contributed by atoms with E-state index in [0.717, 1.165) is 36.3 Å². The zero-order valence-corrected chi connectivity index (χ0v) is 23.2. The predicted molar refractivity (Wildman–Crippen MR) is 156 cm³/mol. The third-order valence-electron chi connectivity index (χ3n) is 6.60. The smallest absolute Gasteiger partial charge is 0.343 e. The largest absolute Gasteiger partial charge is 0.493 e. The van der Waals surface area contributed by atoms with Gasteiger partial charge in [0.25, 0.3) is 0 Å². The van der Waals surface area contributed by atoms with Gasteiger partial charge >= 0.3 is 5.97 Å². The van der Waals surface area contributed by atoms with Crippen LogP contribution in [-0.2, 0) is 0 Å². The lowest BCUT2D eigenvalue weighted by atomic mass is 10.0. The van der Waals surface area contributed by atoms with Crippen molar-refractivity contribution in [2.45, 2.75) is 72.1 Å². The topological polar surface area (TPSA) is 44.8 Å². The highest BCUT2D eigenvalue weighted by Gasteiger charge is 2.10. The van der Waals surface area contributed by atoms with Crippen molar-refractivity contribution in [3.8, 4) is 28.4 Å². The molecule has 4 nitrogen and oxygen atoms in total. The van der Waals surface area contributed by atoms with Crippen molar-refractivity contribution in [2.24, 2.45) is 5.92 Å². The monoisotopic (exact) mass is 514 g/mol. The van der Waals surface area contributed by atoms with Gasteiger partial charge in [-0.3, -0.25) is 0 Å². The molecule has 0 saturated carbocycles. The maximum atomic E-state index is 12.6. The summed E-state index contributed by atoms with van der Waals surface area (Å²) in [5.74, 6) is 2.21. The maximum Gasteiger partial charge on any atom is 0.343 e. The van der Waals surface area contributed by atoms with Gasteiger partial charge in [-0.2, -0.15) is 0 Å². The van der Waals surface area contributed by atoms with E-state index in [1.165, 1.54) is 38.5 Å². The normalized spacial score (nSPS) is 11.9. The van der Waals surface area contributed by atoms with Crippen molar-refractivity contribution < 1.29 is 19.0 Å². The molecule has 0 N–H and O–H groups in total. The molecule has 0 saturated heterocycles. The Hall–Kier alpha value is -3.53. The molecule has 0 aliphatic rings. The molecule has 0 bridgehead atoms. The second-order valence-electron chi connectivity index (χ2n) is 9.83. The van der Waals surface area contributed by atoms with E-state index in [-0.39, 0.29) is 0 Å². The van der Waals surface area contributed by atoms with Gasteiger partial charge in [-0.1, -0.05) is 83.6 Å². The lowest BCUT2D eigenvalue weighted by molar-refractivity contribution is 0.0734. The van der Waals surface area contributed by atoms with E-state index in [0.29, 0.717) is 23.0 Å². The quantitative estimate of drug-likeness (QED) is 0.0826. The minimum atomic E-state index is -0.391. The van der Waals surface area contributed by atoms with Crippen LogP contribution < -0.4 is 14.2 Å². The van der Waals surface area contributed by atoms with E-state index in [9.17, 15) is 4.79 Å². The summed E-state index contributed by atoms with van der Waals surface area (Å²) in [5.41, 5.74) is 2.60. The predicted octanol–water partition coefficient (Wildman–Crippen LogP) is 9.64. The Bertz CT molecular complexity index is 1100. The summed E-state index contributed by atoms with van der Waals surface area (Å²) in [7, 11) is 0. The van der Waals surface area contributed by atoms with Crippen LogP contribution in [0.25, 0.3) is 11.1 Å². The summed E-state index contributed by atoms with van der Waals surface area (Å²) in [6.45, 7) is 7.31. The van der Waals surface area contributed by atoms with Gasteiger partial charge in [0.05, 0.1) is 18.4 Å². The Labute approximate surface area is 228 Å². The molecule has 3 rings (SSSR count). The van der Waals surface area contributed by atoms with Crippen molar-refractivity contribution in [3.05, 3.63) is 90.7 Å². The minimum absolute atomic E-state index is 0.391. The number of esters is 1. The Balaban J connectivity index is 1.43. The van der Waals surface area contributed by atoms with Crippen LogP contribution in [0.3, 0.4) is 0 Å². The SMILES string of the molecule is CCCCCCCCC=COc1ccc(OC(=O)c2ccc(-c3ccc(OCC(C)CC)cc3)cc2)cc1. The molecule has 3 aromatic rings. The molecular weight excluding hydrogens is 472 g/mol. The van der Waals surface area contributed by atoms with Gasteiger partial charge in [0.15, 0.2) is 0 Å². The summed E-state index contributed by atoms with van der Waals surface area (Å²) in [6, 6.07) is 22.6. The van der Waals surface area contributed by atoms with Crippen molar-refractivity contribution in [2.75, 3.05) is 6.61 Å². The fraction of sp³-hybridized carbons (Fsp3) is 0.382. The molecule has 202 valence electrons. The molecule has 0 fully saturated rings. The van der Waals surface area contributed by atoms with Crippen LogP contribution in [0.1, 0.15) is 82.5 Å². The number of hydrogen-bond donors (Lipinski definition) is 0. The van der Waals surface area contributed by atoms with Crippen molar-refractivity contribution in [1.29, 1.82) is 0 Å². The van der Waals surface area contributed by atoms with Gasteiger partial charge in [0, 0.05) is 0 Å². The average molecular weight is 515 g/mol. The standard InChI is InChI=1S/C34H42O4/c1-4-6-7-8-9-10-11-12-25-36-31-21-23-33(24-22-31)38-34(35)30-15-13-28(14-16-30)29-17-19-32(20-18-29)37-26-27(3)5-2/h12-25,27H,4-11,26H2,1-3H3. The second kappa shape index (κ2) is 16.3. The first kappa shape index (κ1) is 29.0. The fourth-order valence-electron chi connectivity index (χ4n) is 3.89. The molecule has 0 radical (unpaired) electrons. The van der Waals surface area contributed by atoms with E-state index in [1.807, 2.05) is 36.4 Å². The number of benzene rings is 3. The molecule has 0 aromatic heterocycles. The first-order valence-electron chi connectivity index (χ1n) is 14.1. The van der Waals surface area contributed by atoms with Crippen LogP contribution >= 0.6 is 0 Å². The molecule has 0 amide bonds. The van der Waals surface area contributed by atoms with Crippen LogP contribution in [0.4, 0.5) is 0 Å². The van der Waals surface area contributed by atoms with Crippen LogP contribution in [0, 0.1) is 5.92 Å². The number of unbranched alkanes of at least 4 members (excludes halogenated alkanes) is 6. The molecular formula is C34H42O4. The lowest BCUT2D eigenvalue weighted by Crippen LogP contribution is -2.08. The van der Waals surface area contributed by atoms with Crippen molar-refractivity contribution in [3.63, 3.8) is 0 Å². The molecule has 0 aliphatic heterocycles. The summed E-state index contributed by atoms with van der Waals surface area (Å²) < 4.78 is 17.0. The van der Waals surface area contributed by atoms with E-state index in [1.54, 1.807) is 42.7 Å². The molecule has 3 aromatic carbocycles. The van der Waals surface area contributed by atoms with Crippen LogP contribution in [0.2, 0.25) is 0 Å². The molecule has 0 spiro atoms. The Morgan fingerprint density at radius 2 is 1.32 bits per heavy atom. The Morgan fingerprint density at radius 1 is 0.737 bits per heavy atom. The fourth-order valence-corrected chi connectivity index (χ4v) is 3.89. The molecule has 1 atom stereocenters. The summed E-state index contributed by atoms with van der Waals surface area (Å²) in [4.78, 5) is 12.6. The zero-order valence-electron chi connectivity index (χ0n) is 23.2. The highest BCUT2D eigenvalue weighted by atomic mass is 16.5. The number of carbonyl (C=O) groups is 1. The molecule has 0 heterocycles. The van der Waals surface area contributed by atoms with Crippen molar-refractivity contribution >= 4 is 5.97 Å². The van der Waals surface area contributed by atoms with Gasteiger partial charge in [-0.05, 0) is 84.5 Å². The van der Waals surface area contributed by atoms with Crippen molar-refractivity contribution in [1.82, 2.24) is 0 Å². The highest BCUT2D eigenvalue weighted by molar-refractivity contribution is 5.91. The summed E-state index contributed by atoms with van der Waals surface area (Å²) in [6.07, 6.45) is 13.7. The molecule has 0 aliphatic carbocycles. The lowest BCUT2D eigenvalue weighted by Gasteiger charge is -2.11. The van der Waals surface area contributed by atoms with Crippen LogP contribution in [0.15, 0.2) is 85.1 Å². The van der Waals surface area contributed by atoms with Crippen LogP contribution in [-0.4, -0.2) is 12.6 Å². The summed E-state index contributed by atoms with van der Waals surface area (Å²) >= 11 is 0. The number of ether oxygens (including phenoxy) is 3. The second-order valence-corrected chi connectivity index (χ2v) is 9.83. The zero-order chi connectivity index (χ0) is 27.0. The molecule has 1 unspecified atom stereocenters. The summed E-state index contributed by atoms with van der Waals surface area (Å²) in [5, 5.41) is 0. The van der Waals surface area contributed by atoms with E-state index >= 15 is 0 Å². The third-order valence-corrected chi connectivity index (χ3v) is 6.60. The third kappa shape index (κ3) is 10.1. The highest BCUT2D eigenvalue weighted by Crippen LogP contribution is 2.24. The van der Waals surface area contributed by atoms with Gasteiger partial charge < -0.3 is 14.2 Å². The number of carbonyl (C=O) groups excluding carboxylic acids is 1. The molecule has 4 heteroatoms. The van der Waals surface area contributed by atoms with E-state index in [2.05, 4.69) is 26.8 Å². The van der Waals surface area contributed by atoms with E-state index < -0.39 is 5.97 Å². The first-order chi connectivity index (χ1) is 18.6. The van der Waals surface area contributed by atoms with Gasteiger partial charge in [0.2, 0.25) is 0 Å². The maximum absolute atomic E-state index is 12.6. The number of rotatable bonds is 16. The average Bonchev–Trinajstić information content (AvgIpc) is 2.96. The Morgan fingerprint density at radius 3 is 1.97 bits per heavy atom. The first-order valence-corrected chi connectivity index (χ1v) is 14.1. The molecule has 38 heavy (non-hydrogen) atoms. The Kier molecular flexibility index (Phi) is 12.5. The van der Waals surface area contributed by atoms with Crippen LogP contribution in [0.5, 0.6) is 17.2 Å². The minimum Gasteiger partial charge on any atom is -0.493 e. The number of allylic oxidation sites excluding steroid dienone is 1. The van der Waals surface area contributed by atoms with Gasteiger partial charge in [0.1, 0.15) is 17.2 Å². The number of hydrogen-bond acceptors (Lipinski definition) is 4. The van der Waals surface area contributed by atoms with E-state index in [4.69, 9.17) is 14.2 Å². The van der Waals surface area contributed by atoms with Gasteiger partial charge in [-0.25, -0.2) is 4.79 Å².